The van der Waals surface area contributed by atoms with Crippen LogP contribution in [0.3, 0.4) is 0 Å². The Morgan fingerprint density at radius 2 is 2.30 bits per heavy atom. The number of nitrogens with two attached hydrogens (primary N) is 1. The Morgan fingerprint density at radius 1 is 1.50 bits per heavy atom. The number of rotatable bonds is 5. The lowest BCUT2D eigenvalue weighted by Crippen LogP contribution is -2.37. The van der Waals surface area contributed by atoms with E-state index in [0.29, 0.717) is 37.7 Å². The summed E-state index contributed by atoms with van der Waals surface area (Å²) in [5.41, 5.74) is 5.95. The summed E-state index contributed by atoms with van der Waals surface area (Å²) < 4.78 is 1.64. The molecule has 1 atom stereocenters. The van der Waals surface area contributed by atoms with Crippen LogP contribution in [0.4, 0.5) is 0 Å². The van der Waals surface area contributed by atoms with Gasteiger partial charge in [-0.1, -0.05) is 0 Å². The Bertz CT molecular complexity index is 523. The van der Waals surface area contributed by atoms with E-state index < -0.39 is 0 Å². The summed E-state index contributed by atoms with van der Waals surface area (Å²) in [6.07, 6.45) is 5.80. The lowest BCUT2D eigenvalue weighted by atomic mass is 10.2. The maximum absolute atomic E-state index is 12.1. The fourth-order valence-corrected chi connectivity index (χ4v) is 2.57. The standard InChI is InChI=1S/C13H19N5O2/c14-3-4-17-7-9(6-15-17)13(20)16-10-5-12(19)18(8-10)11-1-2-11/h6-7,10-11H,1-5,8,14H2,(H,16,20). The molecule has 1 aromatic heterocycles. The van der Waals surface area contributed by atoms with Crippen LogP contribution in [0.2, 0.25) is 0 Å². The first-order valence-electron chi connectivity index (χ1n) is 7.00. The molecule has 0 spiro atoms. The fourth-order valence-electron chi connectivity index (χ4n) is 2.57. The molecule has 0 radical (unpaired) electrons. The smallest absolute Gasteiger partial charge is 0.254 e. The predicted octanol–water partition coefficient (Wildman–Crippen LogP) is -0.665. The Kier molecular flexibility index (Phi) is 3.43. The van der Waals surface area contributed by atoms with Crippen molar-refractivity contribution in [2.75, 3.05) is 13.1 Å². The minimum atomic E-state index is -0.177. The van der Waals surface area contributed by atoms with Crippen molar-refractivity contribution in [3.05, 3.63) is 18.0 Å². The molecule has 2 aliphatic rings. The topological polar surface area (TPSA) is 93.2 Å². The third kappa shape index (κ3) is 2.67. The van der Waals surface area contributed by atoms with Crippen molar-refractivity contribution in [2.45, 2.75) is 37.9 Å². The highest BCUT2D eigenvalue weighted by Gasteiger charge is 2.39. The van der Waals surface area contributed by atoms with Gasteiger partial charge in [0.2, 0.25) is 5.91 Å². The van der Waals surface area contributed by atoms with Crippen molar-refractivity contribution in [3.8, 4) is 0 Å². The van der Waals surface area contributed by atoms with Gasteiger partial charge in [0.15, 0.2) is 0 Å². The second-order valence-electron chi connectivity index (χ2n) is 5.43. The summed E-state index contributed by atoms with van der Waals surface area (Å²) in [4.78, 5) is 25.8. The second kappa shape index (κ2) is 5.24. The van der Waals surface area contributed by atoms with E-state index in [9.17, 15) is 9.59 Å². The molecule has 3 N–H and O–H groups in total. The van der Waals surface area contributed by atoms with Crippen molar-refractivity contribution >= 4 is 11.8 Å². The minimum Gasteiger partial charge on any atom is -0.347 e. The van der Waals surface area contributed by atoms with Crippen molar-refractivity contribution in [3.63, 3.8) is 0 Å². The van der Waals surface area contributed by atoms with Crippen LogP contribution in [0, 0.1) is 0 Å². The van der Waals surface area contributed by atoms with Gasteiger partial charge in [0.1, 0.15) is 0 Å². The normalized spacial score (nSPS) is 22.4. The first-order chi connectivity index (χ1) is 9.67. The zero-order chi connectivity index (χ0) is 14.1. The molecule has 0 aromatic carbocycles. The van der Waals surface area contributed by atoms with Gasteiger partial charge in [-0.05, 0) is 12.8 Å². The predicted molar refractivity (Wildman–Crippen MR) is 71.9 cm³/mol. The molecule has 2 amide bonds. The number of carbonyl (C=O) groups excluding carboxylic acids is 2. The first kappa shape index (κ1) is 13.1. The number of hydrogen-bond donors (Lipinski definition) is 2. The number of nitrogens with one attached hydrogen (secondary N) is 1. The van der Waals surface area contributed by atoms with Crippen LogP contribution < -0.4 is 11.1 Å². The Balaban J connectivity index is 1.57. The number of likely N-dealkylation sites (tertiary alicyclic amines) is 1. The van der Waals surface area contributed by atoms with Crippen molar-refractivity contribution < 1.29 is 9.59 Å². The Labute approximate surface area is 117 Å². The molecular weight excluding hydrogens is 258 g/mol. The quantitative estimate of drug-likeness (QED) is 0.747. The molecule has 3 rings (SSSR count). The van der Waals surface area contributed by atoms with Gasteiger partial charge in [0.05, 0.1) is 24.3 Å². The van der Waals surface area contributed by atoms with Crippen molar-refractivity contribution in [2.24, 2.45) is 5.73 Å². The maximum Gasteiger partial charge on any atom is 0.254 e. The van der Waals surface area contributed by atoms with E-state index >= 15 is 0 Å². The van der Waals surface area contributed by atoms with Gasteiger partial charge in [-0.15, -0.1) is 0 Å². The highest BCUT2D eigenvalue weighted by atomic mass is 16.2. The Hall–Kier alpha value is -1.89. The average molecular weight is 277 g/mol. The average Bonchev–Trinajstić information content (AvgIpc) is 3.04. The molecule has 1 unspecified atom stereocenters. The van der Waals surface area contributed by atoms with Crippen LogP contribution in [0.1, 0.15) is 29.6 Å². The monoisotopic (exact) mass is 277 g/mol. The van der Waals surface area contributed by atoms with Gasteiger partial charge in [-0.3, -0.25) is 14.3 Å². The van der Waals surface area contributed by atoms with Gasteiger partial charge in [-0.2, -0.15) is 5.10 Å². The van der Waals surface area contributed by atoms with Gasteiger partial charge >= 0.3 is 0 Å². The first-order valence-corrected chi connectivity index (χ1v) is 7.00. The lowest BCUT2D eigenvalue weighted by Gasteiger charge is -2.15. The summed E-state index contributed by atoms with van der Waals surface area (Å²) in [5, 5.41) is 6.98. The fraction of sp³-hybridized carbons (Fsp3) is 0.615. The summed E-state index contributed by atoms with van der Waals surface area (Å²) in [7, 11) is 0. The summed E-state index contributed by atoms with van der Waals surface area (Å²) >= 11 is 0. The molecule has 7 heteroatoms. The van der Waals surface area contributed by atoms with E-state index in [4.69, 9.17) is 5.73 Å². The zero-order valence-electron chi connectivity index (χ0n) is 11.3. The molecule has 108 valence electrons. The molecule has 1 saturated carbocycles. The van der Waals surface area contributed by atoms with Crippen molar-refractivity contribution in [1.29, 1.82) is 0 Å². The van der Waals surface area contributed by atoms with E-state index in [1.165, 1.54) is 6.20 Å². The zero-order valence-corrected chi connectivity index (χ0v) is 11.3. The highest BCUT2D eigenvalue weighted by molar-refractivity contribution is 5.94. The van der Waals surface area contributed by atoms with Crippen LogP contribution in [-0.2, 0) is 11.3 Å². The van der Waals surface area contributed by atoms with E-state index in [0.717, 1.165) is 12.8 Å². The van der Waals surface area contributed by atoms with Crippen molar-refractivity contribution in [1.82, 2.24) is 20.0 Å². The number of nitrogens with zero attached hydrogens (tertiary/aromatic N) is 3. The molecule has 0 bridgehead atoms. The number of amides is 2. The van der Waals surface area contributed by atoms with Crippen LogP contribution in [0.5, 0.6) is 0 Å². The molecule has 1 saturated heterocycles. The van der Waals surface area contributed by atoms with E-state index in [-0.39, 0.29) is 17.9 Å². The van der Waals surface area contributed by atoms with Gasteiger partial charge in [-0.25, -0.2) is 0 Å². The lowest BCUT2D eigenvalue weighted by molar-refractivity contribution is -0.128. The SMILES string of the molecule is NCCn1cc(C(=O)NC2CC(=O)N(C3CC3)C2)cn1. The number of hydrogen-bond acceptors (Lipinski definition) is 4. The molecule has 1 aliphatic heterocycles. The summed E-state index contributed by atoms with van der Waals surface area (Å²) in [6, 6.07) is 0.324. The van der Waals surface area contributed by atoms with Crippen LogP contribution >= 0.6 is 0 Å². The molecule has 2 heterocycles. The van der Waals surface area contributed by atoms with E-state index in [2.05, 4.69) is 10.4 Å². The van der Waals surface area contributed by atoms with Gasteiger partial charge < -0.3 is 16.0 Å². The van der Waals surface area contributed by atoms with Crippen LogP contribution in [0.15, 0.2) is 12.4 Å². The Morgan fingerprint density at radius 3 is 3.00 bits per heavy atom. The van der Waals surface area contributed by atoms with Gasteiger partial charge in [0.25, 0.3) is 5.91 Å². The molecule has 1 aliphatic carbocycles. The van der Waals surface area contributed by atoms with E-state index in [1.807, 2.05) is 4.90 Å². The third-order valence-electron chi connectivity index (χ3n) is 3.73. The van der Waals surface area contributed by atoms with E-state index in [1.54, 1.807) is 10.9 Å². The number of aromatic nitrogens is 2. The molecule has 1 aromatic rings. The molecular formula is C13H19N5O2. The minimum absolute atomic E-state index is 0.0894. The van der Waals surface area contributed by atoms with Crippen LogP contribution in [0.25, 0.3) is 0 Å². The third-order valence-corrected chi connectivity index (χ3v) is 3.73. The second-order valence-corrected chi connectivity index (χ2v) is 5.43. The summed E-state index contributed by atoms with van der Waals surface area (Å²) in [6.45, 7) is 1.70. The molecule has 2 fully saturated rings. The largest absolute Gasteiger partial charge is 0.347 e. The molecule has 20 heavy (non-hydrogen) atoms. The van der Waals surface area contributed by atoms with Gasteiger partial charge in [0, 0.05) is 31.7 Å². The van der Waals surface area contributed by atoms with Crippen LogP contribution in [-0.4, -0.2) is 51.7 Å². The summed E-state index contributed by atoms with van der Waals surface area (Å²) in [5.74, 6) is -0.0275. The maximum atomic E-state index is 12.1. The number of carbonyl (C=O) groups is 2. The highest BCUT2D eigenvalue weighted by Crippen LogP contribution is 2.30. The molecule has 7 nitrogen and oxygen atoms in total.